The van der Waals surface area contributed by atoms with Crippen molar-refractivity contribution in [2.75, 3.05) is 13.2 Å². The standard InChI is InChI=1S/C11H16FNO2/c1-8(13)9-3-4-11(10(12)7-9)15-6-2-5-14/h3-4,7-8,14H,2,5-6,13H2,1H3. The predicted octanol–water partition coefficient (Wildman–Crippen LogP) is 1.61. The molecule has 0 radical (unpaired) electrons. The van der Waals surface area contributed by atoms with Crippen molar-refractivity contribution in [1.82, 2.24) is 0 Å². The van der Waals surface area contributed by atoms with Crippen LogP contribution in [0.15, 0.2) is 18.2 Å². The highest BCUT2D eigenvalue weighted by atomic mass is 19.1. The van der Waals surface area contributed by atoms with Crippen LogP contribution in [-0.4, -0.2) is 18.3 Å². The number of ether oxygens (including phenoxy) is 1. The van der Waals surface area contributed by atoms with E-state index in [0.29, 0.717) is 13.0 Å². The zero-order valence-corrected chi connectivity index (χ0v) is 8.74. The molecule has 0 bridgehead atoms. The van der Waals surface area contributed by atoms with Crippen molar-refractivity contribution in [3.05, 3.63) is 29.6 Å². The molecular formula is C11H16FNO2. The summed E-state index contributed by atoms with van der Waals surface area (Å²) in [5.41, 5.74) is 6.35. The molecule has 0 aromatic heterocycles. The van der Waals surface area contributed by atoms with Gasteiger partial charge in [-0.1, -0.05) is 6.07 Å². The molecule has 0 saturated carbocycles. The van der Waals surface area contributed by atoms with E-state index in [1.807, 2.05) is 0 Å². The van der Waals surface area contributed by atoms with Crippen molar-refractivity contribution in [2.24, 2.45) is 5.73 Å². The smallest absolute Gasteiger partial charge is 0.165 e. The van der Waals surface area contributed by atoms with Gasteiger partial charge in [0, 0.05) is 19.1 Å². The van der Waals surface area contributed by atoms with E-state index in [2.05, 4.69) is 0 Å². The lowest BCUT2D eigenvalue weighted by atomic mass is 10.1. The van der Waals surface area contributed by atoms with E-state index in [4.69, 9.17) is 15.6 Å². The molecule has 0 saturated heterocycles. The zero-order valence-electron chi connectivity index (χ0n) is 8.74. The van der Waals surface area contributed by atoms with Crippen LogP contribution in [0.5, 0.6) is 5.75 Å². The Balaban J connectivity index is 2.66. The van der Waals surface area contributed by atoms with Crippen LogP contribution in [0.4, 0.5) is 4.39 Å². The maximum Gasteiger partial charge on any atom is 0.165 e. The second-order valence-electron chi connectivity index (χ2n) is 3.40. The van der Waals surface area contributed by atoms with Gasteiger partial charge in [-0.25, -0.2) is 4.39 Å². The normalized spacial score (nSPS) is 12.5. The van der Waals surface area contributed by atoms with Crippen LogP contribution in [0.1, 0.15) is 24.9 Å². The van der Waals surface area contributed by atoms with Gasteiger partial charge in [-0.3, -0.25) is 0 Å². The Kier molecular flexibility index (Phi) is 4.52. The molecule has 1 aromatic carbocycles. The van der Waals surface area contributed by atoms with Crippen molar-refractivity contribution in [3.8, 4) is 5.75 Å². The van der Waals surface area contributed by atoms with E-state index in [0.717, 1.165) is 5.56 Å². The molecule has 0 aliphatic carbocycles. The van der Waals surface area contributed by atoms with Gasteiger partial charge < -0.3 is 15.6 Å². The van der Waals surface area contributed by atoms with E-state index in [1.165, 1.54) is 6.07 Å². The molecule has 1 atom stereocenters. The minimum atomic E-state index is -0.414. The first-order valence-electron chi connectivity index (χ1n) is 4.94. The number of hydrogen-bond donors (Lipinski definition) is 2. The Morgan fingerprint density at radius 3 is 2.80 bits per heavy atom. The molecule has 3 nitrogen and oxygen atoms in total. The van der Waals surface area contributed by atoms with Crippen LogP contribution in [0.2, 0.25) is 0 Å². The van der Waals surface area contributed by atoms with E-state index in [-0.39, 0.29) is 18.4 Å². The first kappa shape index (κ1) is 11.9. The first-order valence-corrected chi connectivity index (χ1v) is 4.94. The Morgan fingerprint density at radius 1 is 1.53 bits per heavy atom. The molecule has 84 valence electrons. The lowest BCUT2D eigenvalue weighted by Gasteiger charge is -2.09. The molecule has 1 aromatic rings. The van der Waals surface area contributed by atoms with E-state index < -0.39 is 5.82 Å². The molecule has 15 heavy (non-hydrogen) atoms. The summed E-state index contributed by atoms with van der Waals surface area (Å²) in [6, 6.07) is 4.48. The quantitative estimate of drug-likeness (QED) is 0.730. The fourth-order valence-electron chi connectivity index (χ4n) is 1.16. The lowest BCUT2D eigenvalue weighted by Crippen LogP contribution is -2.06. The highest BCUT2D eigenvalue weighted by Gasteiger charge is 2.06. The van der Waals surface area contributed by atoms with Gasteiger partial charge in [0.05, 0.1) is 6.61 Å². The highest BCUT2D eigenvalue weighted by molar-refractivity contribution is 5.30. The fraction of sp³-hybridized carbons (Fsp3) is 0.455. The number of hydrogen-bond acceptors (Lipinski definition) is 3. The SMILES string of the molecule is CC(N)c1ccc(OCCCO)c(F)c1. The Hall–Kier alpha value is -1.13. The van der Waals surface area contributed by atoms with Crippen molar-refractivity contribution >= 4 is 0 Å². The monoisotopic (exact) mass is 213 g/mol. The van der Waals surface area contributed by atoms with Gasteiger partial charge >= 0.3 is 0 Å². The Labute approximate surface area is 88.7 Å². The molecule has 0 fully saturated rings. The minimum absolute atomic E-state index is 0.0412. The summed E-state index contributed by atoms with van der Waals surface area (Å²) in [6.45, 7) is 2.14. The topological polar surface area (TPSA) is 55.5 Å². The van der Waals surface area contributed by atoms with Crippen molar-refractivity contribution in [3.63, 3.8) is 0 Å². The van der Waals surface area contributed by atoms with Crippen molar-refractivity contribution in [1.29, 1.82) is 0 Å². The van der Waals surface area contributed by atoms with Crippen molar-refractivity contribution < 1.29 is 14.2 Å². The van der Waals surface area contributed by atoms with Gasteiger partial charge in [0.15, 0.2) is 11.6 Å². The number of halogens is 1. The minimum Gasteiger partial charge on any atom is -0.490 e. The average molecular weight is 213 g/mol. The molecule has 0 aliphatic heterocycles. The Bertz CT molecular complexity index is 315. The lowest BCUT2D eigenvalue weighted by molar-refractivity contribution is 0.228. The summed E-state index contributed by atoms with van der Waals surface area (Å²) >= 11 is 0. The van der Waals surface area contributed by atoms with Crippen LogP contribution in [0.25, 0.3) is 0 Å². The van der Waals surface area contributed by atoms with E-state index in [1.54, 1.807) is 19.1 Å². The van der Waals surface area contributed by atoms with Gasteiger partial charge in [0.2, 0.25) is 0 Å². The summed E-state index contributed by atoms with van der Waals surface area (Å²) < 4.78 is 18.5. The van der Waals surface area contributed by atoms with Crippen LogP contribution in [-0.2, 0) is 0 Å². The predicted molar refractivity (Wildman–Crippen MR) is 56.2 cm³/mol. The molecule has 4 heteroatoms. The van der Waals surface area contributed by atoms with Gasteiger partial charge in [0.25, 0.3) is 0 Å². The summed E-state index contributed by atoms with van der Waals surface area (Å²) in [7, 11) is 0. The highest BCUT2D eigenvalue weighted by Crippen LogP contribution is 2.21. The van der Waals surface area contributed by atoms with Crippen LogP contribution >= 0.6 is 0 Å². The van der Waals surface area contributed by atoms with Crippen LogP contribution in [0.3, 0.4) is 0 Å². The number of benzene rings is 1. The summed E-state index contributed by atoms with van der Waals surface area (Å²) in [4.78, 5) is 0. The number of aliphatic hydroxyl groups is 1. The third-order valence-corrected chi connectivity index (χ3v) is 2.04. The largest absolute Gasteiger partial charge is 0.490 e. The molecule has 3 N–H and O–H groups in total. The summed E-state index contributed by atoms with van der Waals surface area (Å²) in [6.07, 6.45) is 0.495. The van der Waals surface area contributed by atoms with Crippen LogP contribution < -0.4 is 10.5 Å². The molecule has 0 spiro atoms. The molecular weight excluding hydrogens is 197 g/mol. The Morgan fingerprint density at radius 2 is 2.27 bits per heavy atom. The summed E-state index contributed by atoms with van der Waals surface area (Å²) in [5, 5.41) is 8.54. The van der Waals surface area contributed by atoms with E-state index in [9.17, 15) is 4.39 Å². The second kappa shape index (κ2) is 5.68. The second-order valence-corrected chi connectivity index (χ2v) is 3.40. The van der Waals surface area contributed by atoms with Crippen LogP contribution in [0, 0.1) is 5.82 Å². The third kappa shape index (κ3) is 3.49. The molecule has 1 unspecified atom stereocenters. The zero-order chi connectivity index (χ0) is 11.3. The van der Waals surface area contributed by atoms with Gasteiger partial charge in [-0.05, 0) is 24.6 Å². The van der Waals surface area contributed by atoms with Gasteiger partial charge in [-0.2, -0.15) is 0 Å². The maximum absolute atomic E-state index is 13.4. The number of rotatable bonds is 5. The molecule has 1 rings (SSSR count). The first-order chi connectivity index (χ1) is 7.15. The number of nitrogens with two attached hydrogens (primary N) is 1. The fourth-order valence-corrected chi connectivity index (χ4v) is 1.16. The molecule has 0 aliphatic rings. The maximum atomic E-state index is 13.4. The molecule has 0 heterocycles. The van der Waals surface area contributed by atoms with E-state index >= 15 is 0 Å². The average Bonchev–Trinajstić information content (AvgIpc) is 2.20. The van der Waals surface area contributed by atoms with Gasteiger partial charge in [0.1, 0.15) is 0 Å². The van der Waals surface area contributed by atoms with Crippen molar-refractivity contribution in [2.45, 2.75) is 19.4 Å². The third-order valence-electron chi connectivity index (χ3n) is 2.04. The van der Waals surface area contributed by atoms with Gasteiger partial charge in [-0.15, -0.1) is 0 Å². The number of aliphatic hydroxyl groups excluding tert-OH is 1. The molecule has 0 amide bonds. The summed E-state index contributed by atoms with van der Waals surface area (Å²) in [5.74, 6) is -0.212.